The van der Waals surface area contributed by atoms with E-state index in [0.29, 0.717) is 5.92 Å². The van der Waals surface area contributed by atoms with Crippen molar-refractivity contribution in [3.05, 3.63) is 71.5 Å². The molecule has 4 heterocycles. The van der Waals surface area contributed by atoms with Crippen LogP contribution in [0.3, 0.4) is 0 Å². The Morgan fingerprint density at radius 3 is 2.25 bits per heavy atom. The van der Waals surface area contributed by atoms with Gasteiger partial charge in [-0.1, -0.05) is 24.3 Å². The SMILES string of the molecule is Cc1cc(-c2cnc3[nH]cc(-c4ccc(C(O)C5CNC5)cc4)c3c2)cc(C)c1N1CCN(C)CC1. The molecule has 0 spiro atoms. The quantitative estimate of drug-likeness (QED) is 0.391. The van der Waals surface area contributed by atoms with Crippen LogP contribution in [0, 0.1) is 19.8 Å². The number of aromatic amines is 1. The third-order valence-corrected chi connectivity index (χ3v) is 8.00. The van der Waals surface area contributed by atoms with Crippen LogP contribution in [0.25, 0.3) is 33.3 Å². The van der Waals surface area contributed by atoms with E-state index in [-0.39, 0.29) is 0 Å². The number of fused-ring (bicyclic) bond motifs is 1. The lowest BCUT2D eigenvalue weighted by molar-refractivity contribution is 0.0767. The zero-order chi connectivity index (χ0) is 24.8. The highest BCUT2D eigenvalue weighted by Gasteiger charge is 2.26. The largest absolute Gasteiger partial charge is 0.388 e. The molecule has 4 aromatic rings. The van der Waals surface area contributed by atoms with Gasteiger partial charge in [0.05, 0.1) is 6.10 Å². The van der Waals surface area contributed by atoms with Crippen molar-refractivity contribution in [2.75, 3.05) is 51.2 Å². The van der Waals surface area contributed by atoms with E-state index >= 15 is 0 Å². The highest BCUT2D eigenvalue weighted by atomic mass is 16.3. The fraction of sp³-hybridized carbons (Fsp3) is 0.367. The number of aliphatic hydroxyl groups is 1. The fourth-order valence-electron chi connectivity index (χ4n) is 5.72. The van der Waals surface area contributed by atoms with E-state index in [1.54, 1.807) is 0 Å². The van der Waals surface area contributed by atoms with Crippen molar-refractivity contribution in [3.8, 4) is 22.3 Å². The Kier molecular flexibility index (Phi) is 6.04. The number of benzene rings is 2. The van der Waals surface area contributed by atoms with Crippen LogP contribution in [0.1, 0.15) is 22.8 Å². The lowest BCUT2D eigenvalue weighted by Gasteiger charge is -2.36. The Labute approximate surface area is 213 Å². The van der Waals surface area contributed by atoms with Gasteiger partial charge >= 0.3 is 0 Å². The van der Waals surface area contributed by atoms with Crippen LogP contribution in [-0.4, -0.2) is 66.3 Å². The van der Waals surface area contributed by atoms with Gasteiger partial charge in [-0.3, -0.25) is 0 Å². The minimum atomic E-state index is -0.406. The van der Waals surface area contributed by atoms with Gasteiger partial charge in [0.2, 0.25) is 0 Å². The molecule has 0 aliphatic carbocycles. The molecule has 3 N–H and O–H groups in total. The molecule has 2 fully saturated rings. The number of rotatable bonds is 5. The number of pyridine rings is 1. The molecular weight excluding hydrogens is 446 g/mol. The highest BCUT2D eigenvalue weighted by Crippen LogP contribution is 2.35. The molecule has 0 saturated carbocycles. The van der Waals surface area contributed by atoms with Crippen molar-refractivity contribution < 1.29 is 5.11 Å². The van der Waals surface area contributed by atoms with Crippen molar-refractivity contribution >= 4 is 16.7 Å². The van der Waals surface area contributed by atoms with E-state index in [1.807, 2.05) is 12.4 Å². The van der Waals surface area contributed by atoms with E-state index < -0.39 is 6.10 Å². The number of aryl methyl sites for hydroxylation is 2. The maximum Gasteiger partial charge on any atom is 0.137 e. The number of H-pyrrole nitrogens is 1. The van der Waals surface area contributed by atoms with Gasteiger partial charge in [-0.25, -0.2) is 4.98 Å². The van der Waals surface area contributed by atoms with Gasteiger partial charge in [-0.15, -0.1) is 0 Å². The number of piperazine rings is 1. The van der Waals surface area contributed by atoms with Gasteiger partial charge in [-0.05, 0) is 66.9 Å². The van der Waals surface area contributed by atoms with Gasteiger partial charge in [0.15, 0.2) is 0 Å². The standard InChI is InChI=1S/C30H35N5O/c1-19-12-23(13-20(2)28(19)35-10-8-34(3)9-11-35)24-14-26-27(18-33-30(26)32-17-24)21-4-6-22(7-5-21)29(36)25-15-31-16-25/h4-7,12-14,17-18,25,29,31,36H,8-11,15-16H2,1-3H3,(H,32,33). The summed E-state index contributed by atoms with van der Waals surface area (Å²) in [5.41, 5.74) is 10.5. The van der Waals surface area contributed by atoms with Crippen molar-refractivity contribution in [1.29, 1.82) is 0 Å². The minimum Gasteiger partial charge on any atom is -0.388 e. The second-order valence-corrected chi connectivity index (χ2v) is 10.6. The second kappa shape index (κ2) is 9.36. The van der Waals surface area contributed by atoms with E-state index in [1.165, 1.54) is 22.4 Å². The molecule has 1 atom stereocenters. The van der Waals surface area contributed by atoms with E-state index in [2.05, 4.69) is 83.5 Å². The molecule has 0 bridgehead atoms. The summed E-state index contributed by atoms with van der Waals surface area (Å²) >= 11 is 0. The van der Waals surface area contributed by atoms with Crippen molar-refractivity contribution in [3.63, 3.8) is 0 Å². The van der Waals surface area contributed by atoms with Crippen LogP contribution in [0.2, 0.25) is 0 Å². The summed E-state index contributed by atoms with van der Waals surface area (Å²) in [6.45, 7) is 10.6. The number of likely N-dealkylation sites (N-methyl/N-ethyl adjacent to an activating group) is 1. The van der Waals surface area contributed by atoms with Gasteiger partial charge in [0, 0.05) is 79.8 Å². The van der Waals surface area contributed by atoms with Crippen LogP contribution in [0.15, 0.2) is 54.9 Å². The summed E-state index contributed by atoms with van der Waals surface area (Å²) < 4.78 is 0. The molecule has 2 aliphatic heterocycles. The lowest BCUT2D eigenvalue weighted by Crippen LogP contribution is -2.45. The molecule has 6 rings (SSSR count). The Balaban J connectivity index is 1.31. The molecule has 2 saturated heterocycles. The number of hydrogen-bond acceptors (Lipinski definition) is 5. The van der Waals surface area contributed by atoms with Crippen molar-refractivity contribution in [1.82, 2.24) is 20.2 Å². The summed E-state index contributed by atoms with van der Waals surface area (Å²) in [4.78, 5) is 13.0. The third-order valence-electron chi connectivity index (χ3n) is 8.00. The molecule has 0 amide bonds. The Morgan fingerprint density at radius 1 is 0.917 bits per heavy atom. The average molecular weight is 482 g/mol. The Morgan fingerprint density at radius 2 is 1.61 bits per heavy atom. The first-order valence-electron chi connectivity index (χ1n) is 13.0. The summed E-state index contributed by atoms with van der Waals surface area (Å²) in [7, 11) is 2.20. The predicted molar refractivity (Wildman–Crippen MR) is 147 cm³/mol. The molecule has 6 heteroatoms. The molecule has 1 unspecified atom stereocenters. The first-order valence-corrected chi connectivity index (χ1v) is 13.0. The van der Waals surface area contributed by atoms with Gasteiger partial charge in [0.1, 0.15) is 5.65 Å². The number of aromatic nitrogens is 2. The zero-order valence-electron chi connectivity index (χ0n) is 21.4. The molecule has 2 aromatic carbocycles. The van der Waals surface area contributed by atoms with E-state index in [4.69, 9.17) is 4.98 Å². The minimum absolute atomic E-state index is 0.310. The monoisotopic (exact) mass is 481 g/mol. The maximum absolute atomic E-state index is 10.6. The molecule has 186 valence electrons. The summed E-state index contributed by atoms with van der Waals surface area (Å²) in [5.74, 6) is 0.310. The second-order valence-electron chi connectivity index (χ2n) is 10.6. The molecular formula is C30H35N5O. The number of nitrogens with one attached hydrogen (secondary N) is 2. The first-order chi connectivity index (χ1) is 17.5. The lowest BCUT2D eigenvalue weighted by atomic mass is 9.90. The molecule has 6 nitrogen and oxygen atoms in total. The molecule has 36 heavy (non-hydrogen) atoms. The number of aliphatic hydroxyl groups excluding tert-OH is 1. The summed E-state index contributed by atoms with van der Waals surface area (Å²) in [6.07, 6.45) is 3.60. The van der Waals surface area contributed by atoms with Crippen LogP contribution >= 0.6 is 0 Å². The molecule has 0 radical (unpaired) electrons. The van der Waals surface area contributed by atoms with Gasteiger partial charge < -0.3 is 25.2 Å². The normalized spacial score (nSPS) is 17.9. The first kappa shape index (κ1) is 23.2. The topological polar surface area (TPSA) is 67.4 Å². The van der Waals surface area contributed by atoms with E-state index in [0.717, 1.165) is 72.6 Å². The number of nitrogens with zero attached hydrogens (tertiary/aromatic N) is 3. The Bertz CT molecular complexity index is 1360. The molecule has 2 aliphatic rings. The van der Waals surface area contributed by atoms with Gasteiger partial charge in [-0.2, -0.15) is 0 Å². The van der Waals surface area contributed by atoms with Crippen molar-refractivity contribution in [2.24, 2.45) is 5.92 Å². The van der Waals surface area contributed by atoms with Crippen LogP contribution in [-0.2, 0) is 0 Å². The number of anilines is 1. The van der Waals surface area contributed by atoms with Crippen LogP contribution in [0.4, 0.5) is 5.69 Å². The van der Waals surface area contributed by atoms with E-state index in [9.17, 15) is 5.11 Å². The van der Waals surface area contributed by atoms with Crippen LogP contribution < -0.4 is 10.2 Å². The maximum atomic E-state index is 10.6. The zero-order valence-corrected chi connectivity index (χ0v) is 21.4. The summed E-state index contributed by atoms with van der Waals surface area (Å²) in [6, 6.07) is 15.2. The number of hydrogen-bond donors (Lipinski definition) is 3. The Hall–Kier alpha value is -3.19. The third kappa shape index (κ3) is 4.19. The highest BCUT2D eigenvalue weighted by molar-refractivity contribution is 5.96. The van der Waals surface area contributed by atoms with Gasteiger partial charge in [0.25, 0.3) is 0 Å². The molecule has 2 aromatic heterocycles. The smallest absolute Gasteiger partial charge is 0.137 e. The summed E-state index contributed by atoms with van der Waals surface area (Å²) in [5, 5.41) is 14.9. The van der Waals surface area contributed by atoms with Crippen LogP contribution in [0.5, 0.6) is 0 Å². The van der Waals surface area contributed by atoms with Crippen molar-refractivity contribution in [2.45, 2.75) is 20.0 Å². The predicted octanol–water partition coefficient (Wildman–Crippen LogP) is 4.52. The average Bonchev–Trinajstić information content (AvgIpc) is 3.27. The fourth-order valence-corrected chi connectivity index (χ4v) is 5.72.